The van der Waals surface area contributed by atoms with E-state index in [0.717, 1.165) is 0 Å². The van der Waals surface area contributed by atoms with Crippen molar-refractivity contribution in [2.24, 2.45) is 5.73 Å². The van der Waals surface area contributed by atoms with Crippen LogP contribution in [0.1, 0.15) is 0 Å². The predicted octanol–water partition coefficient (Wildman–Crippen LogP) is 1.02. The van der Waals surface area contributed by atoms with Crippen LogP contribution in [-0.4, -0.2) is 22.9 Å². The summed E-state index contributed by atoms with van der Waals surface area (Å²) in [6, 6.07) is -0.816. The van der Waals surface area contributed by atoms with E-state index in [1.807, 2.05) is 0 Å². The lowest BCUT2D eigenvalue weighted by atomic mass is 10.4. The van der Waals surface area contributed by atoms with Crippen LogP contribution in [0.15, 0.2) is 0 Å². The van der Waals surface area contributed by atoms with Gasteiger partial charge >= 0.3 is 5.97 Å². The van der Waals surface area contributed by atoms with Crippen molar-refractivity contribution in [1.82, 2.24) is 0 Å². The van der Waals surface area contributed by atoms with Crippen LogP contribution in [0.4, 0.5) is 0 Å². The van der Waals surface area contributed by atoms with Crippen molar-refractivity contribution < 1.29 is 9.90 Å². The lowest BCUT2D eigenvalue weighted by Gasteiger charge is -1.96. The molecular formula is C3H11Cl4NO2S. The van der Waals surface area contributed by atoms with E-state index < -0.39 is 12.0 Å². The maximum Gasteiger partial charge on any atom is 0.321 e. The van der Waals surface area contributed by atoms with Crippen LogP contribution in [0.2, 0.25) is 0 Å². The van der Waals surface area contributed by atoms with E-state index in [2.05, 4.69) is 12.6 Å². The molecule has 0 amide bonds. The van der Waals surface area contributed by atoms with Crippen molar-refractivity contribution in [2.45, 2.75) is 6.04 Å². The van der Waals surface area contributed by atoms with Crippen molar-refractivity contribution in [3.63, 3.8) is 0 Å². The Labute approximate surface area is 95.5 Å². The first-order chi connectivity index (χ1) is 3.18. The second-order valence-electron chi connectivity index (χ2n) is 1.13. The Balaban J connectivity index is -0.0000000300. The van der Waals surface area contributed by atoms with Gasteiger partial charge in [0, 0.05) is 5.75 Å². The summed E-state index contributed by atoms with van der Waals surface area (Å²) in [5.74, 6) is -0.815. The molecule has 0 heterocycles. The SMILES string of the molecule is Cl.Cl.Cl.Cl.N[C@@H](CS)C(=O)O. The van der Waals surface area contributed by atoms with Crippen molar-refractivity contribution in [3.05, 3.63) is 0 Å². The Bertz CT molecular complexity index is 85.7. The number of carboxylic acids is 1. The van der Waals surface area contributed by atoms with Gasteiger partial charge in [-0.15, -0.1) is 49.6 Å². The average Bonchev–Trinajstić information content (AvgIpc) is 1.65. The molecule has 0 aromatic carbocycles. The molecule has 0 unspecified atom stereocenters. The Kier molecular flexibility index (Phi) is 46.2. The van der Waals surface area contributed by atoms with Gasteiger partial charge in [-0.2, -0.15) is 12.6 Å². The van der Waals surface area contributed by atoms with Crippen LogP contribution in [0.5, 0.6) is 0 Å². The Hall–Kier alpha value is 0.940. The molecule has 3 nitrogen and oxygen atoms in total. The van der Waals surface area contributed by atoms with Gasteiger partial charge in [-0.25, -0.2) is 0 Å². The highest BCUT2D eigenvalue weighted by atomic mass is 35.5. The Morgan fingerprint density at radius 3 is 1.64 bits per heavy atom. The summed E-state index contributed by atoms with van der Waals surface area (Å²) in [4.78, 5) is 9.76. The zero-order valence-electron chi connectivity index (χ0n) is 5.30. The van der Waals surface area contributed by atoms with Crippen molar-refractivity contribution in [2.75, 3.05) is 5.75 Å². The molecule has 3 N–H and O–H groups in total. The summed E-state index contributed by atoms with van der Waals surface area (Å²) >= 11 is 3.65. The minimum Gasteiger partial charge on any atom is -0.480 e. The molecule has 0 rings (SSSR count). The fourth-order valence-electron chi connectivity index (χ4n) is 0.0781. The molecule has 8 heteroatoms. The molecule has 0 aromatic rings. The largest absolute Gasteiger partial charge is 0.480 e. The molecule has 0 aliphatic rings. The normalized spacial score (nSPS) is 8.55. The van der Waals surface area contributed by atoms with E-state index in [4.69, 9.17) is 10.8 Å². The van der Waals surface area contributed by atoms with Crippen molar-refractivity contribution >= 4 is 68.2 Å². The zero-order valence-corrected chi connectivity index (χ0v) is 9.46. The van der Waals surface area contributed by atoms with Gasteiger partial charge in [0.2, 0.25) is 0 Å². The van der Waals surface area contributed by atoms with E-state index in [1.54, 1.807) is 0 Å². The number of halogens is 4. The van der Waals surface area contributed by atoms with E-state index in [9.17, 15) is 4.79 Å². The van der Waals surface area contributed by atoms with E-state index in [1.165, 1.54) is 0 Å². The summed E-state index contributed by atoms with van der Waals surface area (Å²) in [5, 5.41) is 8.01. The first-order valence-electron chi connectivity index (χ1n) is 1.77. The van der Waals surface area contributed by atoms with Crippen molar-refractivity contribution in [3.8, 4) is 0 Å². The highest BCUT2D eigenvalue weighted by molar-refractivity contribution is 7.80. The van der Waals surface area contributed by atoms with Crippen LogP contribution in [0.25, 0.3) is 0 Å². The quantitative estimate of drug-likeness (QED) is 0.654. The van der Waals surface area contributed by atoms with Gasteiger partial charge in [0.25, 0.3) is 0 Å². The zero-order chi connectivity index (χ0) is 5.86. The summed E-state index contributed by atoms with van der Waals surface area (Å²) < 4.78 is 0. The lowest BCUT2D eigenvalue weighted by Crippen LogP contribution is -2.31. The van der Waals surface area contributed by atoms with Gasteiger partial charge in [-0.1, -0.05) is 0 Å². The fourth-order valence-corrected chi connectivity index (χ4v) is 0.234. The first kappa shape index (κ1) is 29.7. The molecule has 0 radical (unpaired) electrons. The Morgan fingerprint density at radius 1 is 1.36 bits per heavy atom. The maximum atomic E-state index is 9.76. The number of hydrogen-bond donors (Lipinski definition) is 3. The molecule has 0 saturated carbocycles. The highest BCUT2D eigenvalue weighted by Crippen LogP contribution is 1.80. The van der Waals surface area contributed by atoms with Gasteiger partial charge in [0.1, 0.15) is 6.04 Å². The van der Waals surface area contributed by atoms with Crippen LogP contribution in [0.3, 0.4) is 0 Å². The summed E-state index contributed by atoms with van der Waals surface area (Å²) in [6.45, 7) is 0. The lowest BCUT2D eigenvalue weighted by molar-refractivity contribution is -0.137. The number of nitrogens with two attached hydrogens (primary N) is 1. The number of thiol groups is 1. The van der Waals surface area contributed by atoms with Gasteiger partial charge in [0.05, 0.1) is 0 Å². The minimum atomic E-state index is -1.00. The standard InChI is InChI=1S/C3H7NO2S.4ClH/c4-2(1-7)3(5)6;;;;/h2,7H,1,4H2,(H,5,6);4*1H/t2-;;;;/m0..../s1. The monoisotopic (exact) mass is 265 g/mol. The van der Waals surface area contributed by atoms with Gasteiger partial charge in [-0.3, -0.25) is 4.79 Å². The highest BCUT2D eigenvalue weighted by Gasteiger charge is 2.06. The number of carbonyl (C=O) groups is 1. The molecule has 1 atom stereocenters. The van der Waals surface area contributed by atoms with E-state index in [0.29, 0.717) is 0 Å². The minimum absolute atomic E-state index is 0. The van der Waals surface area contributed by atoms with Crippen molar-refractivity contribution in [1.29, 1.82) is 0 Å². The number of hydrogen-bond acceptors (Lipinski definition) is 3. The van der Waals surface area contributed by atoms with E-state index >= 15 is 0 Å². The van der Waals surface area contributed by atoms with Crippen LogP contribution >= 0.6 is 62.3 Å². The fraction of sp³-hybridized carbons (Fsp3) is 0.667. The summed E-state index contributed by atoms with van der Waals surface area (Å²) in [6.07, 6.45) is 0. The summed E-state index contributed by atoms with van der Waals surface area (Å²) in [5.41, 5.74) is 4.94. The molecule has 0 aromatic heterocycles. The second-order valence-corrected chi connectivity index (χ2v) is 1.49. The molecular weight excluding hydrogens is 256 g/mol. The molecule has 0 fully saturated rings. The van der Waals surface area contributed by atoms with E-state index in [-0.39, 0.29) is 55.4 Å². The van der Waals surface area contributed by atoms with Crippen LogP contribution < -0.4 is 5.73 Å². The molecule has 0 bridgehead atoms. The Morgan fingerprint density at radius 2 is 1.64 bits per heavy atom. The van der Waals surface area contributed by atoms with Gasteiger partial charge in [-0.05, 0) is 0 Å². The molecule has 11 heavy (non-hydrogen) atoms. The van der Waals surface area contributed by atoms with Gasteiger partial charge in [0.15, 0.2) is 0 Å². The number of aliphatic carboxylic acids is 1. The smallest absolute Gasteiger partial charge is 0.321 e. The molecule has 0 aliphatic heterocycles. The molecule has 74 valence electrons. The van der Waals surface area contributed by atoms with Gasteiger partial charge < -0.3 is 10.8 Å². The third-order valence-corrected chi connectivity index (χ3v) is 0.907. The maximum absolute atomic E-state index is 9.76. The number of rotatable bonds is 2. The molecule has 0 spiro atoms. The van der Waals surface area contributed by atoms with Crippen LogP contribution in [0, 0.1) is 0 Å². The molecule has 0 aliphatic carbocycles. The molecule has 0 saturated heterocycles. The average molecular weight is 267 g/mol. The van der Waals surface area contributed by atoms with Crippen LogP contribution in [-0.2, 0) is 4.79 Å². The topological polar surface area (TPSA) is 63.3 Å². The third kappa shape index (κ3) is 18.2. The number of carboxylic acid groups (broad SMARTS) is 1. The third-order valence-electron chi connectivity index (χ3n) is 0.514. The second kappa shape index (κ2) is 17.1. The predicted molar refractivity (Wildman–Crippen MR) is 58.5 cm³/mol. The summed E-state index contributed by atoms with van der Waals surface area (Å²) in [7, 11) is 0. The first-order valence-corrected chi connectivity index (χ1v) is 2.41.